The van der Waals surface area contributed by atoms with E-state index in [0.717, 1.165) is 79.1 Å². The largest absolute Gasteiger partial charge is 0.309 e. The van der Waals surface area contributed by atoms with E-state index in [-0.39, 0.29) is 0 Å². The van der Waals surface area contributed by atoms with Crippen molar-refractivity contribution in [3.63, 3.8) is 0 Å². The molecule has 0 aliphatic rings. The van der Waals surface area contributed by atoms with E-state index in [9.17, 15) is 0 Å². The zero-order valence-electron chi connectivity index (χ0n) is 66.3. The van der Waals surface area contributed by atoms with Crippen molar-refractivity contribution in [3.8, 4) is 68.4 Å². The second-order valence-corrected chi connectivity index (χ2v) is 34.6. The first-order chi connectivity index (χ1) is 61.5. The molecule has 0 saturated heterocycles. The van der Waals surface area contributed by atoms with E-state index >= 15 is 0 Å². The highest BCUT2D eigenvalue weighted by Crippen LogP contribution is 2.43. The molecule has 124 heavy (non-hydrogen) atoms. The molecule has 0 aliphatic heterocycles. The first-order valence-electron chi connectivity index (χ1n) is 41.1. The van der Waals surface area contributed by atoms with Crippen molar-refractivity contribution in [2.45, 2.75) is 0 Å². The molecule has 0 spiro atoms. The summed E-state index contributed by atoms with van der Waals surface area (Å²) in [6, 6.07) is 135. The summed E-state index contributed by atoms with van der Waals surface area (Å²) < 4.78 is 18.8. The van der Waals surface area contributed by atoms with Gasteiger partial charge in [-0.3, -0.25) is 13.7 Å². The van der Waals surface area contributed by atoms with E-state index in [1.54, 1.807) is 45.3 Å². The molecule has 15 aromatic carbocycles. The molecule has 27 aromatic rings. The third kappa shape index (κ3) is 12.4. The van der Waals surface area contributed by atoms with Crippen molar-refractivity contribution in [1.82, 2.24) is 58.0 Å². The molecule has 12 nitrogen and oxygen atoms in total. The second-order valence-electron chi connectivity index (χ2n) is 30.8. The number of rotatable bonds is 9. The van der Waals surface area contributed by atoms with Crippen LogP contribution in [0, 0.1) is 0 Å². The van der Waals surface area contributed by atoms with Crippen LogP contribution in [0.4, 0.5) is 0 Å². The molecule has 16 heteroatoms. The van der Waals surface area contributed by atoms with Crippen LogP contribution in [-0.4, -0.2) is 58.0 Å². The summed E-state index contributed by atoms with van der Waals surface area (Å²) in [4.78, 5) is 0. The van der Waals surface area contributed by atoms with Gasteiger partial charge in [-0.05, 0) is 207 Å². The number of para-hydroxylation sites is 7. The maximum Gasteiger partial charge on any atom is 0.241 e. The van der Waals surface area contributed by atoms with Gasteiger partial charge in [-0.25, -0.2) is 0 Å². The minimum Gasteiger partial charge on any atom is -0.309 e. The second kappa shape index (κ2) is 30.3. The van der Waals surface area contributed by atoms with Gasteiger partial charge in [-0.2, -0.15) is 10.2 Å². The molecular formula is C108H68N12S4. The fourth-order valence-electron chi connectivity index (χ4n) is 18.1. The lowest BCUT2D eigenvalue weighted by molar-refractivity contribution is 0.933. The monoisotopic (exact) mass is 1660 g/mol. The lowest BCUT2D eigenvalue weighted by atomic mass is 10.1. The molecule has 0 saturated carbocycles. The normalized spacial score (nSPS) is 11.7. The molecule has 584 valence electrons. The lowest BCUT2D eigenvalue weighted by Gasteiger charge is -2.13. The Morgan fingerprint density at radius 2 is 0.524 bits per heavy atom. The first-order valence-corrected chi connectivity index (χ1v) is 44.6. The van der Waals surface area contributed by atoms with Gasteiger partial charge in [0.05, 0.1) is 84.1 Å². The van der Waals surface area contributed by atoms with Gasteiger partial charge in [0.25, 0.3) is 0 Å². The van der Waals surface area contributed by atoms with Crippen LogP contribution in [0.5, 0.6) is 0 Å². The molecule has 0 atom stereocenters. The third-order valence-electron chi connectivity index (χ3n) is 23.7. The van der Waals surface area contributed by atoms with Gasteiger partial charge < -0.3 is 13.7 Å². The van der Waals surface area contributed by atoms with Crippen molar-refractivity contribution in [1.29, 1.82) is 0 Å². The van der Waals surface area contributed by atoms with Gasteiger partial charge in [0.2, 0.25) is 5.95 Å². The molecule has 0 N–H and O–H groups in total. The first kappa shape index (κ1) is 72.5. The van der Waals surface area contributed by atoms with E-state index in [4.69, 9.17) is 5.10 Å². The molecule has 0 bridgehead atoms. The van der Waals surface area contributed by atoms with Crippen LogP contribution in [0.3, 0.4) is 0 Å². The van der Waals surface area contributed by atoms with Crippen LogP contribution < -0.4 is 0 Å². The van der Waals surface area contributed by atoms with Crippen LogP contribution in [0.1, 0.15) is 0 Å². The van der Waals surface area contributed by atoms with Crippen molar-refractivity contribution in [3.05, 3.63) is 410 Å². The molecule has 12 aromatic heterocycles. The number of benzene rings is 15. The zero-order chi connectivity index (χ0) is 81.7. The van der Waals surface area contributed by atoms with Gasteiger partial charge in [-0.15, -0.1) is 65.7 Å². The molecular weight excluding hydrogens is 1590 g/mol. The third-order valence-corrected chi connectivity index (χ3v) is 27.3. The van der Waals surface area contributed by atoms with Crippen LogP contribution in [0.25, 0.3) is 218 Å². The zero-order valence-corrected chi connectivity index (χ0v) is 69.5. The van der Waals surface area contributed by atoms with Gasteiger partial charge in [-0.1, -0.05) is 218 Å². The molecule has 12 heterocycles. The van der Waals surface area contributed by atoms with Crippen LogP contribution in [0.2, 0.25) is 0 Å². The Hall–Kier alpha value is -15.6. The van der Waals surface area contributed by atoms with E-state index in [0.29, 0.717) is 0 Å². The molecule has 0 radical (unpaired) electrons. The summed E-state index contributed by atoms with van der Waals surface area (Å²) in [5.74, 6) is 2.43. The summed E-state index contributed by atoms with van der Waals surface area (Å²) in [5.41, 5.74) is 21.2. The highest BCUT2D eigenvalue weighted by molar-refractivity contribution is 7.18. The topological polar surface area (TPSA) is 107 Å². The standard InChI is InChI=1S/C32H20N2S.C28H18N4S.2C24H15N3S/c1-4-10-28-24(7-1)25-8-2-5-11-29(25)33(28)22-13-15-23(16-14-22)34-30-12-6-3-9-26(30)27-19-21-17-18-35-32(21)20-31(27)34;1-3-9-19(10-4-1)27-29-30-28(31(27)21-11-5-2-6-12-21)32-24-14-8-7-13-22(24)23-17-20-15-16-33-26(20)18-25(23)32;1-2-6-16(7-3-1)21-13-18(15-25-26-21)27-22-9-5-4-8-19(22)20-12-17-10-11-28-24(17)14-23(20)27;1-2-6-16(7-3-1)20-10-11-24(26-25-20)27-21-9-5-4-8-18(21)19-14-17-12-13-28-23(17)15-22(19)27/h1-20H;1-18H;2*1-15H. The van der Waals surface area contributed by atoms with Crippen molar-refractivity contribution >= 4 is 195 Å². The summed E-state index contributed by atoms with van der Waals surface area (Å²) >= 11 is 7.11. The summed E-state index contributed by atoms with van der Waals surface area (Å²) in [6.45, 7) is 0. The van der Waals surface area contributed by atoms with Gasteiger partial charge >= 0.3 is 0 Å². The van der Waals surface area contributed by atoms with Gasteiger partial charge in [0.1, 0.15) is 0 Å². The predicted octanol–water partition coefficient (Wildman–Crippen LogP) is 29.3. The molecule has 0 unspecified atom stereocenters. The Kier molecular flexibility index (Phi) is 17.7. The predicted molar refractivity (Wildman–Crippen MR) is 521 cm³/mol. The minimum atomic E-state index is 0.780. The number of nitrogens with zero attached hydrogens (tertiary/aromatic N) is 12. The Morgan fingerprint density at radius 3 is 0.944 bits per heavy atom. The van der Waals surface area contributed by atoms with Crippen LogP contribution in [0.15, 0.2) is 410 Å². The van der Waals surface area contributed by atoms with Crippen molar-refractivity contribution in [2.75, 3.05) is 0 Å². The van der Waals surface area contributed by atoms with E-state index in [2.05, 4.69) is 390 Å². The number of fused-ring (bicyclic) bond motifs is 19. The number of aromatic nitrogens is 12. The Bertz CT molecular complexity index is 8690. The maximum absolute atomic E-state index is 4.76. The highest BCUT2D eigenvalue weighted by atomic mass is 32.1. The fourth-order valence-corrected chi connectivity index (χ4v) is 21.3. The summed E-state index contributed by atoms with van der Waals surface area (Å²) in [5, 5.41) is 53.6. The molecule has 0 aliphatic carbocycles. The molecule has 0 fully saturated rings. The number of hydrogen-bond acceptors (Lipinski definition) is 10. The lowest BCUT2D eigenvalue weighted by Crippen LogP contribution is -2.06. The molecule has 27 rings (SSSR count). The van der Waals surface area contributed by atoms with Gasteiger partial charge in [0, 0.05) is 101 Å². The number of hydrogen-bond donors (Lipinski definition) is 0. The maximum atomic E-state index is 4.76. The van der Waals surface area contributed by atoms with E-state index in [1.807, 2.05) is 72.9 Å². The average Bonchev–Trinajstić information content (AvgIpc) is 1.60. The van der Waals surface area contributed by atoms with Gasteiger partial charge in [0.15, 0.2) is 11.6 Å². The minimum absolute atomic E-state index is 0.780. The molecule has 0 amide bonds. The summed E-state index contributed by atoms with van der Waals surface area (Å²) in [6.07, 6.45) is 1.84. The van der Waals surface area contributed by atoms with E-state index in [1.165, 1.54) is 139 Å². The smallest absolute Gasteiger partial charge is 0.241 e. The average molecular weight is 1660 g/mol. The Balaban J connectivity index is 0.0000000934. The highest BCUT2D eigenvalue weighted by Gasteiger charge is 2.25. The van der Waals surface area contributed by atoms with Crippen LogP contribution in [-0.2, 0) is 0 Å². The van der Waals surface area contributed by atoms with E-state index < -0.39 is 0 Å². The van der Waals surface area contributed by atoms with Crippen molar-refractivity contribution < 1.29 is 0 Å². The van der Waals surface area contributed by atoms with Crippen LogP contribution >= 0.6 is 45.3 Å². The Labute approximate surface area is 725 Å². The van der Waals surface area contributed by atoms with Crippen molar-refractivity contribution in [2.24, 2.45) is 0 Å². The summed E-state index contributed by atoms with van der Waals surface area (Å²) in [7, 11) is 0. The fraction of sp³-hybridized carbons (Fsp3) is 0. The number of thiophene rings is 4. The quantitative estimate of drug-likeness (QED) is 0.142. The SMILES string of the molecule is c1ccc(-c2cc(-n3c4ccccc4c4cc5ccsc5cc43)cnn2)cc1.c1ccc(-c2ccc(-n3c4ccccc4c4cc5ccsc5cc43)nn2)cc1.c1ccc(-c2nnc(-n3c4ccccc4c4cc5ccsc5cc43)n2-c2ccccc2)cc1.c1ccc2c(c1)c1ccccc1n2-c1ccc(-n2c3ccccc3c3cc4ccsc4cc32)cc1. The Morgan fingerprint density at radius 1 is 0.194 bits per heavy atom.